The van der Waals surface area contributed by atoms with E-state index in [9.17, 15) is 0 Å². The zero-order valence-electron chi connectivity index (χ0n) is 28.6. The molecular formula is C50H29N3. The standard InChI is InChI=1S/C50H29N3/c1-3-15-32(16-4-1)51(33-17-5-2-6-18-33)43-24-12-22-37-40-27-31-14-8-10-20-35(31)47-41-29-44-39(28-45(41)53(49(37)43)50(40)47)36-21-11-23-38-46-34-19-9-7-13-30(34)25-26-42(46)52(44)48(36)38/h1-29H. The predicted molar refractivity (Wildman–Crippen MR) is 225 cm³/mol. The van der Waals surface area contributed by atoms with Crippen LogP contribution >= 0.6 is 0 Å². The van der Waals surface area contributed by atoms with Gasteiger partial charge in [0.1, 0.15) is 0 Å². The van der Waals surface area contributed by atoms with Gasteiger partial charge in [-0.2, -0.15) is 0 Å². The summed E-state index contributed by atoms with van der Waals surface area (Å²) in [4.78, 5) is 2.42. The van der Waals surface area contributed by atoms with Crippen molar-refractivity contribution in [2.45, 2.75) is 0 Å². The Morgan fingerprint density at radius 2 is 0.887 bits per heavy atom. The van der Waals surface area contributed by atoms with E-state index < -0.39 is 0 Å². The van der Waals surface area contributed by atoms with Gasteiger partial charge in [0, 0.05) is 54.5 Å². The zero-order valence-corrected chi connectivity index (χ0v) is 28.6. The second kappa shape index (κ2) is 9.81. The molecule has 13 rings (SSSR count). The van der Waals surface area contributed by atoms with E-state index in [4.69, 9.17) is 0 Å². The number of nitrogens with zero attached hydrogens (tertiary/aromatic N) is 3. The Hall–Kier alpha value is -7.10. The van der Waals surface area contributed by atoms with Gasteiger partial charge in [0.2, 0.25) is 0 Å². The lowest BCUT2D eigenvalue weighted by atomic mass is 9.99. The summed E-state index contributed by atoms with van der Waals surface area (Å²) in [5.41, 5.74) is 11.0. The van der Waals surface area contributed by atoms with Crippen LogP contribution in [0.1, 0.15) is 0 Å². The van der Waals surface area contributed by atoms with E-state index in [0.717, 1.165) is 17.1 Å². The average Bonchev–Trinajstić information content (AvgIpc) is 3.94. The Morgan fingerprint density at radius 1 is 0.302 bits per heavy atom. The van der Waals surface area contributed by atoms with Crippen molar-refractivity contribution in [3.63, 3.8) is 0 Å². The summed E-state index contributed by atoms with van der Waals surface area (Å²) in [5.74, 6) is 0. The van der Waals surface area contributed by atoms with Crippen molar-refractivity contribution in [2.75, 3.05) is 4.90 Å². The van der Waals surface area contributed by atoms with Crippen LogP contribution in [-0.2, 0) is 0 Å². The molecule has 0 radical (unpaired) electrons. The van der Waals surface area contributed by atoms with Crippen LogP contribution in [0, 0.1) is 0 Å². The zero-order chi connectivity index (χ0) is 34.4. The minimum Gasteiger partial charge on any atom is -0.308 e. The van der Waals surface area contributed by atoms with Crippen molar-refractivity contribution < 1.29 is 0 Å². The van der Waals surface area contributed by atoms with E-state index >= 15 is 0 Å². The Morgan fingerprint density at radius 3 is 1.66 bits per heavy atom. The lowest BCUT2D eigenvalue weighted by molar-refractivity contribution is 1.27. The largest absolute Gasteiger partial charge is 0.308 e. The molecule has 0 atom stereocenters. The average molecular weight is 672 g/mol. The maximum atomic E-state index is 2.58. The van der Waals surface area contributed by atoms with Gasteiger partial charge in [-0.3, -0.25) is 0 Å². The molecule has 0 unspecified atom stereocenters. The van der Waals surface area contributed by atoms with E-state index in [-0.39, 0.29) is 0 Å². The normalized spacial score (nSPS) is 12.5. The Bertz CT molecular complexity index is 3570. The molecule has 0 aliphatic rings. The molecule has 0 N–H and O–H groups in total. The highest BCUT2D eigenvalue weighted by Crippen LogP contribution is 2.50. The highest BCUT2D eigenvalue weighted by Gasteiger charge is 2.26. The quantitative estimate of drug-likeness (QED) is 0.182. The van der Waals surface area contributed by atoms with Crippen LogP contribution in [0.2, 0.25) is 0 Å². The molecule has 4 aromatic heterocycles. The number of anilines is 3. The molecule has 0 spiro atoms. The van der Waals surface area contributed by atoms with Gasteiger partial charge in [0.25, 0.3) is 0 Å². The van der Waals surface area contributed by atoms with Gasteiger partial charge in [0.15, 0.2) is 0 Å². The van der Waals surface area contributed by atoms with Gasteiger partial charge in [-0.1, -0.05) is 121 Å². The third-order valence-electron chi connectivity index (χ3n) is 11.9. The highest BCUT2D eigenvalue weighted by atomic mass is 15.2. The number of benzene rings is 9. The first-order valence-corrected chi connectivity index (χ1v) is 18.4. The minimum absolute atomic E-state index is 1.13. The van der Waals surface area contributed by atoms with Crippen LogP contribution in [0.4, 0.5) is 17.1 Å². The Balaban J connectivity index is 1.25. The lowest BCUT2D eigenvalue weighted by Crippen LogP contribution is -2.10. The summed E-state index contributed by atoms with van der Waals surface area (Å²) in [6, 6.07) is 65.0. The molecule has 53 heavy (non-hydrogen) atoms. The van der Waals surface area contributed by atoms with E-state index in [1.807, 2.05) is 0 Å². The van der Waals surface area contributed by atoms with Gasteiger partial charge in [-0.05, 0) is 76.1 Å². The molecule has 4 heterocycles. The lowest BCUT2D eigenvalue weighted by Gasteiger charge is -2.26. The van der Waals surface area contributed by atoms with Gasteiger partial charge in [-0.25, -0.2) is 0 Å². The summed E-state index contributed by atoms with van der Waals surface area (Å²) in [6.07, 6.45) is 0. The first kappa shape index (κ1) is 27.6. The van der Waals surface area contributed by atoms with Gasteiger partial charge in [0.05, 0.1) is 38.8 Å². The first-order valence-electron chi connectivity index (χ1n) is 18.4. The number of aromatic nitrogens is 2. The van der Waals surface area contributed by atoms with Crippen LogP contribution < -0.4 is 4.90 Å². The predicted octanol–water partition coefficient (Wildman–Crippen LogP) is 13.8. The Labute approximate surface area is 303 Å². The molecule has 3 heteroatoms. The van der Waals surface area contributed by atoms with Crippen molar-refractivity contribution in [1.29, 1.82) is 0 Å². The van der Waals surface area contributed by atoms with Crippen LogP contribution in [0.25, 0.3) is 97.7 Å². The van der Waals surface area contributed by atoms with Crippen molar-refractivity contribution in [3.05, 3.63) is 176 Å². The third kappa shape index (κ3) is 3.40. The van der Waals surface area contributed by atoms with Crippen LogP contribution in [0.15, 0.2) is 176 Å². The monoisotopic (exact) mass is 671 g/mol. The topological polar surface area (TPSA) is 12.1 Å². The number of fused-ring (bicyclic) bond motifs is 16. The van der Waals surface area contributed by atoms with E-state index in [1.54, 1.807) is 0 Å². The molecule has 13 aromatic rings. The molecule has 0 fully saturated rings. The van der Waals surface area contributed by atoms with Crippen molar-refractivity contribution in [2.24, 2.45) is 0 Å². The molecule has 9 aromatic carbocycles. The van der Waals surface area contributed by atoms with E-state index in [1.165, 1.54) is 97.7 Å². The molecule has 0 bridgehead atoms. The number of hydrogen-bond acceptors (Lipinski definition) is 1. The second-order valence-corrected chi connectivity index (χ2v) is 14.5. The van der Waals surface area contributed by atoms with Gasteiger partial charge >= 0.3 is 0 Å². The molecule has 0 amide bonds. The summed E-state index contributed by atoms with van der Waals surface area (Å²) in [5, 5.41) is 15.5. The summed E-state index contributed by atoms with van der Waals surface area (Å²) >= 11 is 0. The summed E-state index contributed by atoms with van der Waals surface area (Å²) in [6.45, 7) is 0. The Kier molecular flexibility index (Phi) is 5.11. The summed E-state index contributed by atoms with van der Waals surface area (Å²) in [7, 11) is 0. The molecule has 0 aliphatic carbocycles. The van der Waals surface area contributed by atoms with Crippen molar-refractivity contribution in [1.82, 2.24) is 8.80 Å². The smallest absolute Gasteiger partial charge is 0.0782 e. The minimum atomic E-state index is 1.13. The SMILES string of the molecule is c1ccc(N(c2ccccc2)c2cccc3c4cc5ccccc5c5c6cc7c(cc6n(c23)c45)c2cccc3c4c5ccccc5ccc4n7c23)cc1. The van der Waals surface area contributed by atoms with Crippen molar-refractivity contribution >= 4 is 115 Å². The number of rotatable bonds is 3. The highest BCUT2D eigenvalue weighted by molar-refractivity contribution is 6.35. The maximum Gasteiger partial charge on any atom is 0.0782 e. The fourth-order valence-electron chi connectivity index (χ4n) is 9.81. The van der Waals surface area contributed by atoms with Gasteiger partial charge < -0.3 is 13.7 Å². The molecule has 0 saturated carbocycles. The van der Waals surface area contributed by atoms with Crippen LogP contribution in [0.3, 0.4) is 0 Å². The van der Waals surface area contributed by atoms with Gasteiger partial charge in [-0.15, -0.1) is 0 Å². The van der Waals surface area contributed by atoms with E-state index in [2.05, 4.69) is 190 Å². The first-order chi connectivity index (χ1) is 26.3. The number of para-hydroxylation sites is 4. The van der Waals surface area contributed by atoms with Crippen LogP contribution in [0.5, 0.6) is 0 Å². The fraction of sp³-hybridized carbons (Fsp3) is 0. The molecule has 3 nitrogen and oxygen atoms in total. The summed E-state index contributed by atoms with van der Waals surface area (Å²) < 4.78 is 5.11. The maximum absolute atomic E-state index is 2.58. The number of hydrogen-bond donors (Lipinski definition) is 0. The molecule has 244 valence electrons. The van der Waals surface area contributed by atoms with E-state index in [0.29, 0.717) is 0 Å². The fourth-order valence-corrected chi connectivity index (χ4v) is 9.81. The molecule has 0 saturated heterocycles. The second-order valence-electron chi connectivity index (χ2n) is 14.5. The van der Waals surface area contributed by atoms with Crippen molar-refractivity contribution in [3.8, 4) is 0 Å². The molecular weight excluding hydrogens is 643 g/mol. The van der Waals surface area contributed by atoms with Crippen LogP contribution in [-0.4, -0.2) is 8.80 Å². The third-order valence-corrected chi connectivity index (χ3v) is 11.9. The molecule has 0 aliphatic heterocycles.